The molecule has 2 atom stereocenters. The summed E-state index contributed by atoms with van der Waals surface area (Å²) >= 11 is 2.65. The third kappa shape index (κ3) is 5.24. The number of nitrogens with zero attached hydrogens (tertiary/aromatic N) is 5. The van der Waals surface area contributed by atoms with E-state index in [-0.39, 0.29) is 17.3 Å². The number of amides is 1. The molecule has 0 spiro atoms. The SMILES string of the molecule is COc1ccc(OC(C)c2nnc(SC(C)C(=O)Nc3nnc(C)s3)n2C)cc1. The maximum absolute atomic E-state index is 12.4. The second kappa shape index (κ2) is 9.23. The predicted octanol–water partition coefficient (Wildman–Crippen LogP) is 3.24. The van der Waals surface area contributed by atoms with Crippen molar-refractivity contribution in [1.29, 1.82) is 0 Å². The van der Waals surface area contributed by atoms with Crippen LogP contribution in [0.1, 0.15) is 30.8 Å². The van der Waals surface area contributed by atoms with E-state index < -0.39 is 0 Å². The number of thioether (sulfide) groups is 1. The summed E-state index contributed by atoms with van der Waals surface area (Å²) in [5.74, 6) is 1.96. The fraction of sp³-hybridized carbons (Fsp3) is 0.389. The van der Waals surface area contributed by atoms with Crippen molar-refractivity contribution < 1.29 is 14.3 Å². The summed E-state index contributed by atoms with van der Waals surface area (Å²) in [6.07, 6.45) is -0.316. The molecular formula is C18H22N6O3S2. The van der Waals surface area contributed by atoms with Crippen molar-refractivity contribution in [2.45, 2.75) is 37.3 Å². The van der Waals surface area contributed by atoms with E-state index in [0.29, 0.717) is 21.9 Å². The number of rotatable bonds is 8. The van der Waals surface area contributed by atoms with Crippen LogP contribution in [0.2, 0.25) is 0 Å². The van der Waals surface area contributed by atoms with Gasteiger partial charge in [0.15, 0.2) is 17.1 Å². The van der Waals surface area contributed by atoms with Crippen LogP contribution in [0.5, 0.6) is 11.5 Å². The molecule has 3 aromatic rings. The van der Waals surface area contributed by atoms with Gasteiger partial charge < -0.3 is 14.0 Å². The molecule has 1 N–H and O–H groups in total. The number of hydrogen-bond donors (Lipinski definition) is 1. The zero-order chi connectivity index (χ0) is 21.0. The first-order valence-electron chi connectivity index (χ1n) is 8.85. The Morgan fingerprint density at radius 2 is 1.83 bits per heavy atom. The van der Waals surface area contributed by atoms with E-state index in [4.69, 9.17) is 9.47 Å². The summed E-state index contributed by atoms with van der Waals surface area (Å²) in [5, 5.41) is 20.5. The van der Waals surface area contributed by atoms with Gasteiger partial charge in [0.2, 0.25) is 11.0 Å². The fourth-order valence-corrected chi connectivity index (χ4v) is 3.88. The molecule has 3 rings (SSSR count). The van der Waals surface area contributed by atoms with E-state index in [1.54, 1.807) is 14.0 Å². The Kier molecular flexibility index (Phi) is 6.70. The van der Waals surface area contributed by atoms with Gasteiger partial charge in [0.05, 0.1) is 12.4 Å². The van der Waals surface area contributed by atoms with Crippen molar-refractivity contribution in [1.82, 2.24) is 25.0 Å². The Balaban J connectivity index is 1.62. The first kappa shape index (κ1) is 21.1. The molecule has 11 heteroatoms. The van der Waals surface area contributed by atoms with E-state index in [1.165, 1.54) is 23.1 Å². The van der Waals surface area contributed by atoms with Crippen LogP contribution in [0.4, 0.5) is 5.13 Å². The van der Waals surface area contributed by atoms with Gasteiger partial charge in [-0.1, -0.05) is 23.1 Å². The van der Waals surface area contributed by atoms with Gasteiger partial charge in [-0.05, 0) is 45.0 Å². The highest BCUT2D eigenvalue weighted by atomic mass is 32.2. The second-order valence-electron chi connectivity index (χ2n) is 6.21. The minimum absolute atomic E-state index is 0.168. The molecule has 29 heavy (non-hydrogen) atoms. The minimum atomic E-state index is -0.382. The normalized spacial score (nSPS) is 13.0. The molecule has 154 valence electrons. The maximum Gasteiger partial charge on any atom is 0.239 e. The Hall–Kier alpha value is -2.66. The van der Waals surface area contributed by atoms with Crippen molar-refractivity contribution in [2.75, 3.05) is 12.4 Å². The molecule has 9 nitrogen and oxygen atoms in total. The number of hydrogen-bond acceptors (Lipinski definition) is 9. The standard InChI is InChI=1S/C18H22N6O3S2/c1-10(27-14-8-6-13(26-5)7-9-14)15-21-23-18(24(15)4)28-11(2)16(25)19-17-22-20-12(3)29-17/h6-11H,1-5H3,(H,19,22,25). The average molecular weight is 435 g/mol. The Morgan fingerprint density at radius 3 is 2.45 bits per heavy atom. The lowest BCUT2D eigenvalue weighted by atomic mass is 10.3. The third-order valence-corrected chi connectivity index (χ3v) is 5.90. The van der Waals surface area contributed by atoms with Crippen LogP contribution in [0.25, 0.3) is 0 Å². The lowest BCUT2D eigenvalue weighted by molar-refractivity contribution is -0.115. The maximum atomic E-state index is 12.4. The molecule has 0 aliphatic carbocycles. The molecule has 0 aliphatic rings. The minimum Gasteiger partial charge on any atom is -0.497 e. The molecule has 1 aromatic carbocycles. The first-order chi connectivity index (χ1) is 13.9. The molecule has 0 saturated carbocycles. The van der Waals surface area contributed by atoms with Crippen LogP contribution in [0.15, 0.2) is 29.4 Å². The quantitative estimate of drug-likeness (QED) is 0.539. The smallest absolute Gasteiger partial charge is 0.239 e. The van der Waals surface area contributed by atoms with Gasteiger partial charge in [0.1, 0.15) is 16.5 Å². The largest absolute Gasteiger partial charge is 0.497 e. The van der Waals surface area contributed by atoms with Crippen LogP contribution in [-0.4, -0.2) is 43.2 Å². The topological polar surface area (TPSA) is 104 Å². The second-order valence-corrected chi connectivity index (χ2v) is 8.70. The number of ether oxygens (including phenoxy) is 2. The number of carbonyl (C=O) groups is 1. The monoisotopic (exact) mass is 434 g/mol. The lowest BCUT2D eigenvalue weighted by Crippen LogP contribution is -2.22. The summed E-state index contributed by atoms with van der Waals surface area (Å²) in [5.41, 5.74) is 0. The summed E-state index contributed by atoms with van der Waals surface area (Å²) in [6.45, 7) is 5.54. The van der Waals surface area contributed by atoms with Crippen LogP contribution >= 0.6 is 23.1 Å². The van der Waals surface area contributed by atoms with Gasteiger partial charge in [0.25, 0.3) is 0 Å². The van der Waals surface area contributed by atoms with Crippen LogP contribution in [0.3, 0.4) is 0 Å². The molecule has 0 fully saturated rings. The highest BCUT2D eigenvalue weighted by molar-refractivity contribution is 8.00. The molecule has 0 bridgehead atoms. The lowest BCUT2D eigenvalue weighted by Gasteiger charge is -2.15. The Bertz CT molecular complexity index is 972. The molecular weight excluding hydrogens is 412 g/mol. The van der Waals surface area contributed by atoms with E-state index in [2.05, 4.69) is 25.7 Å². The average Bonchev–Trinajstić information content (AvgIpc) is 3.27. The van der Waals surface area contributed by atoms with E-state index in [1.807, 2.05) is 49.7 Å². The van der Waals surface area contributed by atoms with Crippen molar-refractivity contribution in [3.05, 3.63) is 35.1 Å². The first-order valence-corrected chi connectivity index (χ1v) is 10.5. The van der Waals surface area contributed by atoms with Gasteiger partial charge in [-0.3, -0.25) is 10.1 Å². The summed E-state index contributed by atoms with van der Waals surface area (Å²) in [4.78, 5) is 12.4. The van der Waals surface area contributed by atoms with Crippen LogP contribution in [-0.2, 0) is 11.8 Å². The molecule has 0 radical (unpaired) electrons. The zero-order valence-electron chi connectivity index (χ0n) is 16.7. The fourth-order valence-electron chi connectivity index (χ4n) is 2.46. The van der Waals surface area contributed by atoms with Gasteiger partial charge in [-0.25, -0.2) is 0 Å². The number of anilines is 1. The third-order valence-electron chi connectivity index (χ3n) is 4.01. The highest BCUT2D eigenvalue weighted by Crippen LogP contribution is 2.27. The van der Waals surface area contributed by atoms with E-state index in [0.717, 1.165) is 10.8 Å². The molecule has 1 amide bonds. The Morgan fingerprint density at radius 1 is 1.14 bits per heavy atom. The van der Waals surface area contributed by atoms with Gasteiger partial charge in [0, 0.05) is 7.05 Å². The number of methoxy groups -OCH3 is 1. The zero-order valence-corrected chi connectivity index (χ0v) is 18.4. The molecule has 2 heterocycles. The van der Waals surface area contributed by atoms with E-state index in [9.17, 15) is 4.79 Å². The molecule has 2 unspecified atom stereocenters. The highest BCUT2D eigenvalue weighted by Gasteiger charge is 2.22. The van der Waals surface area contributed by atoms with Gasteiger partial charge >= 0.3 is 0 Å². The van der Waals surface area contributed by atoms with E-state index >= 15 is 0 Å². The number of aryl methyl sites for hydroxylation is 1. The predicted molar refractivity (Wildman–Crippen MR) is 112 cm³/mol. The summed E-state index contributed by atoms with van der Waals surface area (Å²) in [7, 11) is 3.47. The van der Waals surface area contributed by atoms with Crippen LogP contribution < -0.4 is 14.8 Å². The Labute approximate surface area is 176 Å². The van der Waals surface area contributed by atoms with Crippen molar-refractivity contribution >= 4 is 34.1 Å². The molecule has 2 aromatic heterocycles. The number of carbonyl (C=O) groups excluding carboxylic acids is 1. The molecule has 0 saturated heterocycles. The number of nitrogens with one attached hydrogen (secondary N) is 1. The van der Waals surface area contributed by atoms with Crippen molar-refractivity contribution in [3.63, 3.8) is 0 Å². The summed E-state index contributed by atoms with van der Waals surface area (Å²) in [6, 6.07) is 7.34. The van der Waals surface area contributed by atoms with Crippen LogP contribution in [0, 0.1) is 6.92 Å². The van der Waals surface area contributed by atoms with Crippen molar-refractivity contribution in [3.8, 4) is 11.5 Å². The van der Waals surface area contributed by atoms with Crippen molar-refractivity contribution in [2.24, 2.45) is 7.05 Å². The van der Waals surface area contributed by atoms with Gasteiger partial charge in [-0.2, -0.15) is 0 Å². The number of benzene rings is 1. The number of aromatic nitrogens is 5. The molecule has 0 aliphatic heterocycles. The summed E-state index contributed by atoms with van der Waals surface area (Å²) < 4.78 is 12.9. The van der Waals surface area contributed by atoms with Gasteiger partial charge in [-0.15, -0.1) is 20.4 Å².